The minimum absolute atomic E-state index is 0.158. The van der Waals surface area contributed by atoms with Crippen LogP contribution in [0.15, 0.2) is 12.3 Å². The van der Waals surface area contributed by atoms with E-state index in [2.05, 4.69) is 4.98 Å². The Morgan fingerprint density at radius 2 is 1.90 bits per heavy atom. The predicted octanol–water partition coefficient (Wildman–Crippen LogP) is 3.05. The number of halogens is 3. The Balaban J connectivity index is 3.09. The van der Waals surface area contributed by atoms with Gasteiger partial charge in [-0.05, 0) is 26.8 Å². The molecule has 0 aliphatic rings. The quantitative estimate of drug-likeness (QED) is 0.863. The van der Waals surface area contributed by atoms with Crippen LogP contribution in [0.4, 0.5) is 29.5 Å². The molecule has 0 unspecified atom stereocenters. The van der Waals surface area contributed by atoms with E-state index in [0.29, 0.717) is 6.20 Å². The van der Waals surface area contributed by atoms with Gasteiger partial charge in [-0.25, -0.2) is 9.78 Å². The lowest BCUT2D eigenvalue weighted by molar-refractivity contribution is -0.137. The first-order valence-electron chi connectivity index (χ1n) is 5.71. The van der Waals surface area contributed by atoms with E-state index in [1.165, 1.54) is 7.05 Å². The fourth-order valence-electron chi connectivity index (χ4n) is 1.32. The molecule has 0 saturated carbocycles. The fourth-order valence-corrected chi connectivity index (χ4v) is 1.32. The van der Waals surface area contributed by atoms with Crippen LogP contribution in [-0.4, -0.2) is 23.7 Å². The minimum atomic E-state index is -4.57. The lowest BCUT2D eigenvalue weighted by Gasteiger charge is -2.25. The number of rotatable bonds is 1. The molecule has 0 fully saturated rings. The number of ether oxygens (including phenoxy) is 1. The second-order valence-electron chi connectivity index (χ2n) is 5.17. The number of pyridine rings is 1. The van der Waals surface area contributed by atoms with Crippen LogP contribution in [0.25, 0.3) is 0 Å². The number of carbonyl (C=O) groups excluding carboxylic acids is 1. The number of anilines is 2. The number of hydrogen-bond acceptors (Lipinski definition) is 4. The first kappa shape index (κ1) is 16.1. The zero-order valence-corrected chi connectivity index (χ0v) is 11.6. The van der Waals surface area contributed by atoms with E-state index < -0.39 is 23.4 Å². The number of nitrogens with zero attached hydrogens (tertiary/aromatic N) is 2. The smallest absolute Gasteiger partial charge is 0.417 e. The van der Waals surface area contributed by atoms with Gasteiger partial charge in [-0.15, -0.1) is 0 Å². The molecule has 1 heterocycles. The van der Waals surface area contributed by atoms with Crippen molar-refractivity contribution in [2.75, 3.05) is 17.7 Å². The lowest BCUT2D eigenvalue weighted by Crippen LogP contribution is -2.34. The topological polar surface area (TPSA) is 68.5 Å². The van der Waals surface area contributed by atoms with Crippen molar-refractivity contribution in [1.82, 2.24) is 4.98 Å². The monoisotopic (exact) mass is 291 g/mol. The molecule has 112 valence electrons. The third-order valence-electron chi connectivity index (χ3n) is 2.25. The summed E-state index contributed by atoms with van der Waals surface area (Å²) in [6.45, 7) is 4.94. The molecule has 0 bridgehead atoms. The highest BCUT2D eigenvalue weighted by Crippen LogP contribution is 2.33. The maximum atomic E-state index is 12.6. The molecule has 20 heavy (non-hydrogen) atoms. The molecule has 0 aliphatic carbocycles. The van der Waals surface area contributed by atoms with Crippen molar-refractivity contribution in [3.05, 3.63) is 17.8 Å². The van der Waals surface area contributed by atoms with Gasteiger partial charge < -0.3 is 10.5 Å². The van der Waals surface area contributed by atoms with E-state index in [9.17, 15) is 18.0 Å². The maximum absolute atomic E-state index is 12.6. The number of hydrogen-bond donors (Lipinski definition) is 1. The summed E-state index contributed by atoms with van der Waals surface area (Å²) in [5, 5.41) is 0. The Hall–Kier alpha value is -1.99. The molecular weight excluding hydrogens is 275 g/mol. The SMILES string of the molecule is CN(C(=O)OC(C)(C)C)c1cc(C(F)(F)F)cnc1N. The molecule has 0 aromatic carbocycles. The van der Waals surface area contributed by atoms with Crippen LogP contribution in [0.3, 0.4) is 0 Å². The van der Waals surface area contributed by atoms with Crippen molar-refractivity contribution >= 4 is 17.6 Å². The van der Waals surface area contributed by atoms with E-state index in [-0.39, 0.29) is 11.5 Å². The number of aromatic nitrogens is 1. The third-order valence-corrected chi connectivity index (χ3v) is 2.25. The molecule has 0 aliphatic heterocycles. The van der Waals surface area contributed by atoms with Gasteiger partial charge in [0.25, 0.3) is 0 Å². The molecule has 0 radical (unpaired) electrons. The van der Waals surface area contributed by atoms with Crippen molar-refractivity contribution in [2.24, 2.45) is 0 Å². The molecule has 0 saturated heterocycles. The molecule has 1 amide bonds. The van der Waals surface area contributed by atoms with Crippen LogP contribution >= 0.6 is 0 Å². The summed E-state index contributed by atoms with van der Waals surface area (Å²) in [6.07, 6.45) is -4.77. The number of alkyl halides is 3. The van der Waals surface area contributed by atoms with Gasteiger partial charge in [-0.2, -0.15) is 13.2 Å². The number of nitrogens with two attached hydrogens (primary N) is 1. The van der Waals surface area contributed by atoms with Crippen molar-refractivity contribution in [3.63, 3.8) is 0 Å². The van der Waals surface area contributed by atoms with Gasteiger partial charge >= 0.3 is 12.3 Å². The van der Waals surface area contributed by atoms with Gasteiger partial charge in [0, 0.05) is 13.2 Å². The average molecular weight is 291 g/mol. The standard InChI is InChI=1S/C12H16F3N3O2/c1-11(2,3)20-10(19)18(4)8-5-7(12(13,14)15)6-17-9(8)16/h5-6H,1-4H3,(H2,16,17). The zero-order chi connectivity index (χ0) is 15.7. The highest BCUT2D eigenvalue weighted by molar-refractivity contribution is 5.90. The highest BCUT2D eigenvalue weighted by Gasteiger charge is 2.33. The average Bonchev–Trinajstić information content (AvgIpc) is 2.24. The van der Waals surface area contributed by atoms with Gasteiger partial charge in [-0.3, -0.25) is 4.90 Å². The van der Waals surface area contributed by atoms with Crippen LogP contribution in [0.2, 0.25) is 0 Å². The van der Waals surface area contributed by atoms with Crippen LogP contribution in [0.5, 0.6) is 0 Å². The first-order valence-corrected chi connectivity index (χ1v) is 5.71. The number of nitrogen functional groups attached to an aromatic ring is 1. The van der Waals surface area contributed by atoms with Crippen LogP contribution < -0.4 is 10.6 Å². The molecule has 2 N–H and O–H groups in total. The molecule has 1 rings (SSSR count). The molecule has 5 nitrogen and oxygen atoms in total. The molecule has 8 heteroatoms. The largest absolute Gasteiger partial charge is 0.443 e. The van der Waals surface area contributed by atoms with Crippen LogP contribution in [0.1, 0.15) is 26.3 Å². The van der Waals surface area contributed by atoms with Gasteiger partial charge in [0.05, 0.1) is 11.3 Å². The Morgan fingerprint density at radius 3 is 2.35 bits per heavy atom. The van der Waals surface area contributed by atoms with Crippen molar-refractivity contribution < 1.29 is 22.7 Å². The van der Waals surface area contributed by atoms with Crippen LogP contribution in [-0.2, 0) is 10.9 Å². The van der Waals surface area contributed by atoms with E-state index in [1.54, 1.807) is 20.8 Å². The second-order valence-corrected chi connectivity index (χ2v) is 5.17. The van der Waals surface area contributed by atoms with Gasteiger partial charge in [-0.1, -0.05) is 0 Å². The summed E-state index contributed by atoms with van der Waals surface area (Å²) < 4.78 is 42.9. The van der Waals surface area contributed by atoms with Gasteiger partial charge in [0.1, 0.15) is 11.4 Å². The summed E-state index contributed by atoms with van der Waals surface area (Å²) in [5.74, 6) is -0.189. The fraction of sp³-hybridized carbons (Fsp3) is 0.500. The molecule has 1 aromatic heterocycles. The molecular formula is C12H16F3N3O2. The Labute approximate surface area is 114 Å². The summed E-state index contributed by atoms with van der Waals surface area (Å²) in [7, 11) is 1.27. The predicted molar refractivity (Wildman–Crippen MR) is 68.3 cm³/mol. The van der Waals surface area contributed by atoms with Crippen LogP contribution in [0, 0.1) is 0 Å². The van der Waals surface area contributed by atoms with E-state index in [0.717, 1.165) is 11.0 Å². The highest BCUT2D eigenvalue weighted by atomic mass is 19.4. The van der Waals surface area contributed by atoms with Crippen molar-refractivity contribution in [3.8, 4) is 0 Å². The maximum Gasteiger partial charge on any atom is 0.417 e. The molecule has 1 aromatic rings. The normalized spacial score (nSPS) is 12.2. The summed E-state index contributed by atoms with van der Waals surface area (Å²) in [4.78, 5) is 16.2. The van der Waals surface area contributed by atoms with E-state index >= 15 is 0 Å². The van der Waals surface area contributed by atoms with E-state index in [1.807, 2.05) is 0 Å². The zero-order valence-electron chi connectivity index (χ0n) is 11.6. The lowest BCUT2D eigenvalue weighted by atomic mass is 10.2. The van der Waals surface area contributed by atoms with Gasteiger partial charge in [0.15, 0.2) is 0 Å². The summed E-state index contributed by atoms with van der Waals surface area (Å²) >= 11 is 0. The Morgan fingerprint density at radius 1 is 1.35 bits per heavy atom. The third kappa shape index (κ3) is 4.01. The number of carbonyl (C=O) groups is 1. The molecule has 0 atom stereocenters. The Kier molecular flexibility index (Phi) is 4.16. The number of amides is 1. The van der Waals surface area contributed by atoms with Gasteiger partial charge in [0.2, 0.25) is 0 Å². The molecule has 0 spiro atoms. The first-order chi connectivity index (χ1) is 8.92. The van der Waals surface area contributed by atoms with Crippen molar-refractivity contribution in [2.45, 2.75) is 32.5 Å². The summed E-state index contributed by atoms with van der Waals surface area (Å²) in [6, 6.07) is 0.756. The van der Waals surface area contributed by atoms with Crippen molar-refractivity contribution in [1.29, 1.82) is 0 Å². The summed E-state index contributed by atoms with van der Waals surface area (Å²) in [5.41, 5.74) is 3.59. The minimum Gasteiger partial charge on any atom is -0.443 e. The second kappa shape index (κ2) is 5.18. The van der Waals surface area contributed by atoms with E-state index in [4.69, 9.17) is 10.5 Å². The Bertz CT molecular complexity index is 510.